The summed E-state index contributed by atoms with van der Waals surface area (Å²) in [5.41, 5.74) is 0.944. The van der Waals surface area contributed by atoms with Crippen molar-refractivity contribution in [2.45, 2.75) is 17.9 Å². The van der Waals surface area contributed by atoms with Gasteiger partial charge in [-0.1, -0.05) is 6.07 Å². The molecule has 12 heavy (non-hydrogen) atoms. The molecule has 1 aromatic rings. The summed E-state index contributed by atoms with van der Waals surface area (Å²) in [6, 6.07) is 5.91. The van der Waals surface area contributed by atoms with E-state index in [9.17, 15) is 5.11 Å². The van der Waals surface area contributed by atoms with Gasteiger partial charge in [0.1, 0.15) is 0 Å². The Morgan fingerprint density at radius 1 is 1.50 bits per heavy atom. The lowest BCUT2D eigenvalue weighted by atomic mass is 10.1. The van der Waals surface area contributed by atoms with Gasteiger partial charge in [0.05, 0.1) is 6.10 Å². The van der Waals surface area contributed by atoms with Crippen molar-refractivity contribution in [2.24, 2.45) is 0 Å². The molecule has 3 heteroatoms. The zero-order chi connectivity index (χ0) is 9.14. The highest BCUT2D eigenvalue weighted by atomic mass is 79.9. The monoisotopic (exact) mass is 246 g/mol. The van der Waals surface area contributed by atoms with Crippen LogP contribution in [-0.2, 0) is 0 Å². The first kappa shape index (κ1) is 10.1. The van der Waals surface area contributed by atoms with Crippen molar-refractivity contribution < 1.29 is 5.11 Å². The second kappa shape index (κ2) is 4.30. The average molecular weight is 247 g/mol. The molecule has 1 rings (SSSR count). The van der Waals surface area contributed by atoms with Crippen molar-refractivity contribution in [3.05, 3.63) is 28.2 Å². The summed E-state index contributed by atoms with van der Waals surface area (Å²) in [6.07, 6.45) is 1.64. The lowest BCUT2D eigenvalue weighted by Gasteiger charge is -2.07. The number of halogens is 1. The fourth-order valence-electron chi connectivity index (χ4n) is 0.942. The van der Waals surface area contributed by atoms with Crippen LogP contribution in [0.1, 0.15) is 18.6 Å². The number of aliphatic hydroxyl groups is 1. The van der Waals surface area contributed by atoms with Crippen LogP contribution in [0.25, 0.3) is 0 Å². The average Bonchev–Trinajstić information content (AvgIpc) is 2.04. The minimum atomic E-state index is -0.391. The van der Waals surface area contributed by atoms with Crippen molar-refractivity contribution >= 4 is 27.7 Å². The van der Waals surface area contributed by atoms with Crippen LogP contribution >= 0.6 is 27.7 Å². The van der Waals surface area contributed by atoms with Gasteiger partial charge >= 0.3 is 0 Å². The van der Waals surface area contributed by atoms with Crippen molar-refractivity contribution in [3.8, 4) is 0 Å². The predicted molar refractivity (Wildman–Crippen MR) is 56.6 cm³/mol. The summed E-state index contributed by atoms with van der Waals surface area (Å²) in [5.74, 6) is 0. The molecule has 0 radical (unpaired) electrons. The first-order valence-corrected chi connectivity index (χ1v) is 5.68. The lowest BCUT2D eigenvalue weighted by molar-refractivity contribution is 0.199. The van der Waals surface area contributed by atoms with Gasteiger partial charge in [-0.2, -0.15) is 0 Å². The molecule has 1 atom stereocenters. The van der Waals surface area contributed by atoms with Gasteiger partial charge < -0.3 is 5.11 Å². The number of thioether (sulfide) groups is 1. The standard InChI is InChI=1S/C9H11BrOS/c1-6(11)7-3-4-9(12-2)8(10)5-7/h3-6,11H,1-2H3/t6-/m0/s1. The highest BCUT2D eigenvalue weighted by molar-refractivity contribution is 9.10. The molecule has 1 N–H and O–H groups in total. The summed E-state index contributed by atoms with van der Waals surface area (Å²) in [7, 11) is 0. The molecule has 0 spiro atoms. The van der Waals surface area contributed by atoms with Crippen molar-refractivity contribution in [1.82, 2.24) is 0 Å². The van der Waals surface area contributed by atoms with Gasteiger partial charge in [-0.05, 0) is 46.8 Å². The molecule has 0 amide bonds. The van der Waals surface area contributed by atoms with E-state index in [1.807, 2.05) is 24.5 Å². The minimum absolute atomic E-state index is 0.391. The van der Waals surface area contributed by atoms with E-state index in [4.69, 9.17) is 0 Å². The van der Waals surface area contributed by atoms with Crippen LogP contribution in [0, 0.1) is 0 Å². The van der Waals surface area contributed by atoms with E-state index >= 15 is 0 Å². The second-order valence-electron chi connectivity index (χ2n) is 2.57. The first-order chi connectivity index (χ1) is 5.65. The predicted octanol–water partition coefficient (Wildman–Crippen LogP) is 3.22. The maximum Gasteiger partial charge on any atom is 0.0762 e. The maximum atomic E-state index is 9.28. The zero-order valence-corrected chi connectivity index (χ0v) is 9.45. The largest absolute Gasteiger partial charge is 0.389 e. The highest BCUT2D eigenvalue weighted by Crippen LogP contribution is 2.28. The van der Waals surface area contributed by atoms with Crippen LogP contribution in [-0.4, -0.2) is 11.4 Å². The highest BCUT2D eigenvalue weighted by Gasteiger charge is 2.03. The third kappa shape index (κ3) is 2.25. The first-order valence-electron chi connectivity index (χ1n) is 3.66. The third-order valence-electron chi connectivity index (χ3n) is 1.66. The molecule has 1 aromatic carbocycles. The second-order valence-corrected chi connectivity index (χ2v) is 4.27. The Hall–Kier alpha value is 0.01000. The van der Waals surface area contributed by atoms with Gasteiger partial charge in [0.25, 0.3) is 0 Å². The Morgan fingerprint density at radius 3 is 2.58 bits per heavy atom. The molecule has 0 bridgehead atoms. The Bertz CT molecular complexity index is 273. The molecule has 0 fully saturated rings. The number of benzene rings is 1. The van der Waals surface area contributed by atoms with Crippen molar-refractivity contribution in [3.63, 3.8) is 0 Å². The van der Waals surface area contributed by atoms with Crippen LogP contribution in [0.5, 0.6) is 0 Å². The quantitative estimate of drug-likeness (QED) is 0.809. The fraction of sp³-hybridized carbons (Fsp3) is 0.333. The summed E-state index contributed by atoms with van der Waals surface area (Å²) in [5, 5.41) is 9.28. The fourth-order valence-corrected chi connectivity index (χ4v) is 2.28. The number of rotatable bonds is 2. The Labute approximate surface area is 85.3 Å². The molecular weight excluding hydrogens is 236 g/mol. The molecule has 0 saturated carbocycles. The topological polar surface area (TPSA) is 20.2 Å². The van der Waals surface area contributed by atoms with Gasteiger partial charge in [0.15, 0.2) is 0 Å². The van der Waals surface area contributed by atoms with Crippen molar-refractivity contribution in [1.29, 1.82) is 0 Å². The van der Waals surface area contributed by atoms with E-state index in [1.165, 1.54) is 4.90 Å². The van der Waals surface area contributed by atoms with E-state index < -0.39 is 6.10 Å². The summed E-state index contributed by atoms with van der Waals surface area (Å²) in [4.78, 5) is 1.19. The van der Waals surface area contributed by atoms with E-state index in [1.54, 1.807) is 18.7 Å². The maximum absolute atomic E-state index is 9.28. The van der Waals surface area contributed by atoms with Gasteiger partial charge in [-0.25, -0.2) is 0 Å². The van der Waals surface area contributed by atoms with E-state index in [0.29, 0.717) is 0 Å². The van der Waals surface area contributed by atoms with Crippen molar-refractivity contribution in [2.75, 3.05) is 6.26 Å². The molecule has 0 aliphatic rings. The Balaban J connectivity index is 3.02. The number of hydrogen-bond donors (Lipinski definition) is 1. The van der Waals surface area contributed by atoms with Gasteiger partial charge in [0.2, 0.25) is 0 Å². The molecular formula is C9H11BrOS. The van der Waals surface area contributed by atoms with Gasteiger partial charge in [-0.15, -0.1) is 11.8 Å². The van der Waals surface area contributed by atoms with Crippen LogP contribution in [0.4, 0.5) is 0 Å². The molecule has 0 saturated heterocycles. The van der Waals surface area contributed by atoms with Crippen LogP contribution in [0.15, 0.2) is 27.6 Å². The molecule has 0 unspecified atom stereocenters. The smallest absolute Gasteiger partial charge is 0.0762 e. The van der Waals surface area contributed by atoms with E-state index in [0.717, 1.165) is 10.0 Å². The van der Waals surface area contributed by atoms with Crippen LogP contribution < -0.4 is 0 Å². The number of hydrogen-bond acceptors (Lipinski definition) is 2. The van der Waals surface area contributed by atoms with E-state index in [-0.39, 0.29) is 0 Å². The summed E-state index contributed by atoms with van der Waals surface area (Å²) < 4.78 is 1.05. The molecule has 1 nitrogen and oxygen atoms in total. The van der Waals surface area contributed by atoms with Gasteiger partial charge in [0, 0.05) is 9.37 Å². The third-order valence-corrected chi connectivity index (χ3v) is 3.37. The molecule has 66 valence electrons. The zero-order valence-electron chi connectivity index (χ0n) is 7.04. The SMILES string of the molecule is CSc1ccc([C@H](C)O)cc1Br. The molecule has 0 heterocycles. The summed E-state index contributed by atoms with van der Waals surface area (Å²) >= 11 is 5.13. The number of aliphatic hydroxyl groups excluding tert-OH is 1. The Kier molecular flexibility index (Phi) is 3.62. The molecule has 0 aliphatic heterocycles. The lowest BCUT2D eigenvalue weighted by Crippen LogP contribution is -1.90. The molecule has 0 aromatic heterocycles. The Morgan fingerprint density at radius 2 is 2.17 bits per heavy atom. The molecule has 0 aliphatic carbocycles. The normalized spacial score (nSPS) is 13.0. The summed E-state index contributed by atoms with van der Waals surface area (Å²) in [6.45, 7) is 1.76. The van der Waals surface area contributed by atoms with E-state index in [2.05, 4.69) is 15.9 Å². The van der Waals surface area contributed by atoms with Gasteiger partial charge in [-0.3, -0.25) is 0 Å². The van der Waals surface area contributed by atoms with Crippen LogP contribution in [0.2, 0.25) is 0 Å². The minimum Gasteiger partial charge on any atom is -0.389 e. The van der Waals surface area contributed by atoms with Crippen LogP contribution in [0.3, 0.4) is 0 Å².